The fourth-order valence-electron chi connectivity index (χ4n) is 2.42. The number of hydrogen-bond donors (Lipinski definition) is 1. The Labute approximate surface area is 125 Å². The molecule has 0 aliphatic carbocycles. The van der Waals surface area contributed by atoms with Gasteiger partial charge in [-0.1, -0.05) is 12.1 Å². The number of rotatable bonds is 7. The first-order valence-electron chi connectivity index (χ1n) is 7.21. The average molecular weight is 296 g/mol. The summed E-state index contributed by atoms with van der Waals surface area (Å²) in [5.74, 6) is 0.205. The minimum atomic E-state index is -0.631. The van der Waals surface area contributed by atoms with Gasteiger partial charge in [-0.3, -0.25) is 0 Å². The lowest BCUT2D eigenvalue weighted by molar-refractivity contribution is -0.150. The van der Waals surface area contributed by atoms with Crippen LogP contribution in [-0.2, 0) is 20.8 Å². The van der Waals surface area contributed by atoms with Crippen molar-refractivity contribution < 1.29 is 24.1 Å². The molecule has 1 N–H and O–H groups in total. The molecule has 1 saturated heterocycles. The van der Waals surface area contributed by atoms with Gasteiger partial charge in [0.15, 0.2) is 5.79 Å². The number of aliphatic hydroxyl groups excluding tert-OH is 1. The Balaban J connectivity index is 1.71. The molecule has 1 aliphatic rings. The van der Waals surface area contributed by atoms with Crippen LogP contribution >= 0.6 is 0 Å². The molecule has 0 aromatic heterocycles. The van der Waals surface area contributed by atoms with Crippen LogP contribution in [0.5, 0.6) is 5.75 Å². The van der Waals surface area contributed by atoms with Crippen LogP contribution in [0, 0.1) is 0 Å². The second-order valence-corrected chi connectivity index (χ2v) is 5.58. The van der Waals surface area contributed by atoms with Crippen molar-refractivity contribution in [2.75, 3.05) is 20.3 Å². The van der Waals surface area contributed by atoms with Gasteiger partial charge in [0.25, 0.3) is 0 Å². The Hall–Kier alpha value is -1.14. The first kappa shape index (κ1) is 16.2. The summed E-state index contributed by atoms with van der Waals surface area (Å²) >= 11 is 0. The summed E-state index contributed by atoms with van der Waals surface area (Å²) in [6.45, 7) is 4.78. The molecule has 0 amide bonds. The van der Waals surface area contributed by atoms with E-state index in [4.69, 9.17) is 18.9 Å². The fourth-order valence-corrected chi connectivity index (χ4v) is 2.42. The second-order valence-electron chi connectivity index (χ2n) is 5.58. The Morgan fingerprint density at radius 2 is 1.81 bits per heavy atom. The minimum Gasteiger partial charge on any atom is -0.497 e. The van der Waals surface area contributed by atoms with Gasteiger partial charge >= 0.3 is 0 Å². The highest BCUT2D eigenvalue weighted by molar-refractivity contribution is 5.26. The van der Waals surface area contributed by atoms with E-state index in [0.717, 1.165) is 11.3 Å². The van der Waals surface area contributed by atoms with Crippen molar-refractivity contribution in [2.24, 2.45) is 0 Å². The first-order valence-corrected chi connectivity index (χ1v) is 7.21. The van der Waals surface area contributed by atoms with Gasteiger partial charge in [0.2, 0.25) is 0 Å². The summed E-state index contributed by atoms with van der Waals surface area (Å²) in [4.78, 5) is 0. The Bertz CT molecular complexity index is 429. The van der Waals surface area contributed by atoms with Gasteiger partial charge in [-0.25, -0.2) is 0 Å². The third-order valence-corrected chi connectivity index (χ3v) is 3.44. The van der Waals surface area contributed by atoms with Crippen LogP contribution in [-0.4, -0.2) is 43.4 Å². The van der Waals surface area contributed by atoms with Crippen LogP contribution < -0.4 is 4.74 Å². The molecule has 5 heteroatoms. The Morgan fingerprint density at radius 1 is 1.14 bits per heavy atom. The third kappa shape index (κ3) is 4.68. The number of benzene rings is 1. The van der Waals surface area contributed by atoms with Crippen LogP contribution in [0.3, 0.4) is 0 Å². The molecule has 21 heavy (non-hydrogen) atoms. The molecule has 0 saturated carbocycles. The van der Waals surface area contributed by atoms with Gasteiger partial charge in [0, 0.05) is 6.61 Å². The van der Waals surface area contributed by atoms with E-state index in [1.165, 1.54) is 0 Å². The zero-order chi connectivity index (χ0) is 15.3. The molecule has 1 heterocycles. The quantitative estimate of drug-likeness (QED) is 0.781. The molecular weight excluding hydrogens is 272 g/mol. The SMILES string of the molecule is COc1ccc(COCC[C@@H]2OC(C)(C)O[C@@H]2CO)cc1. The molecule has 0 radical (unpaired) electrons. The summed E-state index contributed by atoms with van der Waals surface area (Å²) in [7, 11) is 1.65. The molecule has 1 aromatic rings. The van der Waals surface area contributed by atoms with Crippen LogP contribution in [0.1, 0.15) is 25.8 Å². The average Bonchev–Trinajstić information content (AvgIpc) is 2.78. The van der Waals surface area contributed by atoms with E-state index < -0.39 is 5.79 Å². The van der Waals surface area contributed by atoms with Crippen molar-refractivity contribution in [3.8, 4) is 5.75 Å². The Kier molecular flexibility index (Phi) is 5.58. The lowest BCUT2D eigenvalue weighted by Crippen LogP contribution is -2.27. The molecule has 1 aromatic carbocycles. The number of aliphatic hydroxyl groups is 1. The van der Waals surface area contributed by atoms with Gasteiger partial charge in [0.1, 0.15) is 11.9 Å². The summed E-state index contributed by atoms with van der Waals surface area (Å²) < 4.78 is 22.1. The maximum absolute atomic E-state index is 9.29. The number of methoxy groups -OCH3 is 1. The molecule has 0 unspecified atom stereocenters. The minimum absolute atomic E-state index is 0.0351. The summed E-state index contributed by atoms with van der Waals surface area (Å²) in [5, 5.41) is 9.29. The lowest BCUT2D eigenvalue weighted by Gasteiger charge is -2.16. The predicted octanol–water partition coefficient (Wildman–Crippen LogP) is 2.11. The van der Waals surface area contributed by atoms with Crippen molar-refractivity contribution in [3.63, 3.8) is 0 Å². The normalized spacial score (nSPS) is 24.2. The zero-order valence-corrected chi connectivity index (χ0v) is 12.9. The third-order valence-electron chi connectivity index (χ3n) is 3.44. The standard InChI is InChI=1S/C16H24O5/c1-16(2)20-14(15(10-17)21-16)8-9-19-11-12-4-6-13(18-3)7-5-12/h4-7,14-15,17H,8-11H2,1-3H3/t14-,15+/m0/s1. The summed E-state index contributed by atoms with van der Waals surface area (Å²) in [6, 6.07) is 7.79. The van der Waals surface area contributed by atoms with E-state index in [1.54, 1.807) is 7.11 Å². The van der Waals surface area contributed by atoms with Gasteiger partial charge in [-0.15, -0.1) is 0 Å². The largest absolute Gasteiger partial charge is 0.497 e. The van der Waals surface area contributed by atoms with Crippen molar-refractivity contribution in [1.29, 1.82) is 0 Å². The van der Waals surface area contributed by atoms with E-state index in [9.17, 15) is 5.11 Å². The lowest BCUT2D eigenvalue weighted by atomic mass is 10.1. The van der Waals surface area contributed by atoms with Gasteiger partial charge in [0.05, 0.1) is 26.4 Å². The van der Waals surface area contributed by atoms with E-state index in [2.05, 4.69) is 0 Å². The van der Waals surface area contributed by atoms with Crippen LogP contribution in [0.4, 0.5) is 0 Å². The summed E-state index contributed by atoms with van der Waals surface area (Å²) in [5.41, 5.74) is 1.10. The molecular formula is C16H24O5. The van der Waals surface area contributed by atoms with Crippen molar-refractivity contribution in [2.45, 2.75) is 44.9 Å². The predicted molar refractivity (Wildman–Crippen MR) is 78.2 cm³/mol. The van der Waals surface area contributed by atoms with Gasteiger partial charge in [-0.05, 0) is 38.0 Å². The van der Waals surface area contributed by atoms with E-state index in [0.29, 0.717) is 19.6 Å². The van der Waals surface area contributed by atoms with E-state index in [-0.39, 0.29) is 18.8 Å². The van der Waals surface area contributed by atoms with Crippen molar-refractivity contribution in [1.82, 2.24) is 0 Å². The van der Waals surface area contributed by atoms with E-state index >= 15 is 0 Å². The molecule has 2 rings (SSSR count). The van der Waals surface area contributed by atoms with Crippen LogP contribution in [0.2, 0.25) is 0 Å². The highest BCUT2D eigenvalue weighted by Gasteiger charge is 2.40. The van der Waals surface area contributed by atoms with Gasteiger partial charge < -0.3 is 24.1 Å². The zero-order valence-electron chi connectivity index (χ0n) is 12.9. The topological polar surface area (TPSA) is 57.2 Å². The van der Waals surface area contributed by atoms with E-state index in [1.807, 2.05) is 38.1 Å². The molecule has 0 spiro atoms. The van der Waals surface area contributed by atoms with Crippen LogP contribution in [0.25, 0.3) is 0 Å². The molecule has 1 fully saturated rings. The smallest absolute Gasteiger partial charge is 0.163 e. The van der Waals surface area contributed by atoms with Crippen molar-refractivity contribution in [3.05, 3.63) is 29.8 Å². The highest BCUT2D eigenvalue weighted by Crippen LogP contribution is 2.29. The maximum atomic E-state index is 9.29. The molecule has 1 aliphatic heterocycles. The van der Waals surface area contributed by atoms with Gasteiger partial charge in [-0.2, -0.15) is 0 Å². The fraction of sp³-hybridized carbons (Fsp3) is 0.625. The van der Waals surface area contributed by atoms with Crippen molar-refractivity contribution >= 4 is 0 Å². The number of ether oxygens (including phenoxy) is 4. The second kappa shape index (κ2) is 7.22. The maximum Gasteiger partial charge on any atom is 0.163 e. The molecule has 5 nitrogen and oxygen atoms in total. The monoisotopic (exact) mass is 296 g/mol. The Morgan fingerprint density at radius 3 is 2.43 bits per heavy atom. The molecule has 118 valence electrons. The molecule has 0 bridgehead atoms. The van der Waals surface area contributed by atoms with Crippen LogP contribution in [0.15, 0.2) is 24.3 Å². The first-order chi connectivity index (χ1) is 10.0. The summed E-state index contributed by atoms with van der Waals surface area (Å²) in [6.07, 6.45) is 0.301. The molecule has 2 atom stereocenters. The highest BCUT2D eigenvalue weighted by atomic mass is 16.8. The number of hydrogen-bond acceptors (Lipinski definition) is 5.